The molecule has 80 valence electrons. The first-order chi connectivity index (χ1) is 6.83. The van der Waals surface area contributed by atoms with Crippen LogP contribution in [-0.2, 0) is 11.3 Å². The topological polar surface area (TPSA) is 39.1 Å². The molecule has 0 saturated heterocycles. The van der Waals surface area contributed by atoms with Crippen LogP contribution in [0.2, 0.25) is 5.02 Å². The molecule has 0 aromatic carbocycles. The zero-order valence-corrected chi connectivity index (χ0v) is 9.13. The van der Waals surface area contributed by atoms with E-state index >= 15 is 0 Å². The lowest BCUT2D eigenvalue weighted by Gasteiger charge is -2.03. The van der Waals surface area contributed by atoms with E-state index in [4.69, 9.17) is 16.3 Å². The predicted octanol–water partition coefficient (Wildman–Crippen LogP) is 1.16. The number of halogens is 1. The molecule has 5 heteroatoms. The lowest BCUT2D eigenvalue weighted by atomic mass is 10.4. The van der Waals surface area contributed by atoms with Crippen LogP contribution < -0.4 is 5.32 Å². The molecular formula is C9H16ClN3O. The number of ether oxygens (including phenoxy) is 1. The lowest BCUT2D eigenvalue weighted by molar-refractivity contribution is 0.199. The van der Waals surface area contributed by atoms with Gasteiger partial charge in [0.25, 0.3) is 0 Å². The minimum atomic E-state index is 0.692. The van der Waals surface area contributed by atoms with Crippen LogP contribution >= 0.6 is 11.6 Å². The van der Waals surface area contributed by atoms with Crippen molar-refractivity contribution in [3.63, 3.8) is 0 Å². The molecule has 1 aromatic rings. The van der Waals surface area contributed by atoms with Crippen LogP contribution in [-0.4, -0.2) is 36.6 Å². The average Bonchev–Trinajstić information content (AvgIpc) is 2.58. The molecule has 0 fully saturated rings. The quantitative estimate of drug-likeness (QED) is 0.697. The first-order valence-electron chi connectivity index (χ1n) is 4.70. The van der Waals surface area contributed by atoms with Crippen LogP contribution in [0.5, 0.6) is 0 Å². The van der Waals surface area contributed by atoms with Gasteiger partial charge in [0.1, 0.15) is 0 Å². The smallest absolute Gasteiger partial charge is 0.0785 e. The Bertz CT molecular complexity index is 252. The van der Waals surface area contributed by atoms with Gasteiger partial charge in [-0.25, -0.2) is 0 Å². The third-order valence-electron chi connectivity index (χ3n) is 1.83. The Morgan fingerprint density at radius 1 is 1.57 bits per heavy atom. The van der Waals surface area contributed by atoms with Crippen LogP contribution in [0, 0.1) is 0 Å². The summed E-state index contributed by atoms with van der Waals surface area (Å²) in [5.41, 5.74) is 0. The van der Waals surface area contributed by atoms with Crippen molar-refractivity contribution in [3.05, 3.63) is 17.4 Å². The molecule has 0 radical (unpaired) electrons. The molecule has 0 saturated carbocycles. The molecule has 0 atom stereocenters. The Balaban J connectivity index is 1.99. The maximum Gasteiger partial charge on any atom is 0.0785 e. The van der Waals surface area contributed by atoms with Gasteiger partial charge in [0.15, 0.2) is 0 Å². The van der Waals surface area contributed by atoms with E-state index in [0.29, 0.717) is 5.02 Å². The number of hydrogen-bond acceptors (Lipinski definition) is 3. The minimum Gasteiger partial charge on any atom is -0.383 e. The Morgan fingerprint density at radius 2 is 2.43 bits per heavy atom. The summed E-state index contributed by atoms with van der Waals surface area (Å²) in [7, 11) is 1.70. The van der Waals surface area contributed by atoms with Gasteiger partial charge in [0, 0.05) is 26.4 Å². The van der Waals surface area contributed by atoms with E-state index in [1.807, 2.05) is 10.9 Å². The Morgan fingerprint density at radius 3 is 3.07 bits per heavy atom. The molecule has 0 aliphatic carbocycles. The molecule has 0 aliphatic heterocycles. The molecular weight excluding hydrogens is 202 g/mol. The second-order valence-electron chi connectivity index (χ2n) is 3.02. The standard InChI is InChI=1S/C9H16ClN3O/c1-14-6-4-11-3-2-5-13-8-9(10)7-12-13/h7-8,11H,2-6H2,1H3. The predicted molar refractivity (Wildman–Crippen MR) is 56.6 cm³/mol. The van der Waals surface area contributed by atoms with Gasteiger partial charge in [-0.3, -0.25) is 4.68 Å². The minimum absolute atomic E-state index is 0.692. The van der Waals surface area contributed by atoms with Crippen molar-refractivity contribution in [2.45, 2.75) is 13.0 Å². The number of nitrogens with zero attached hydrogens (tertiary/aromatic N) is 2. The van der Waals surface area contributed by atoms with Gasteiger partial charge in [-0.05, 0) is 13.0 Å². The first kappa shape index (κ1) is 11.5. The fraction of sp³-hybridized carbons (Fsp3) is 0.667. The van der Waals surface area contributed by atoms with E-state index in [1.165, 1.54) is 0 Å². The molecule has 1 aromatic heterocycles. The van der Waals surface area contributed by atoms with E-state index in [-0.39, 0.29) is 0 Å². The number of nitrogens with one attached hydrogen (secondary N) is 1. The highest BCUT2D eigenvalue weighted by Gasteiger charge is 1.94. The largest absolute Gasteiger partial charge is 0.383 e. The van der Waals surface area contributed by atoms with Crippen molar-refractivity contribution >= 4 is 11.6 Å². The van der Waals surface area contributed by atoms with Gasteiger partial charge in [0.05, 0.1) is 17.8 Å². The molecule has 0 spiro atoms. The highest BCUT2D eigenvalue weighted by Crippen LogP contribution is 2.04. The zero-order chi connectivity index (χ0) is 10.2. The molecule has 0 bridgehead atoms. The van der Waals surface area contributed by atoms with Crippen molar-refractivity contribution in [1.82, 2.24) is 15.1 Å². The molecule has 4 nitrogen and oxygen atoms in total. The van der Waals surface area contributed by atoms with Gasteiger partial charge in [-0.2, -0.15) is 5.10 Å². The molecule has 0 aliphatic rings. The average molecular weight is 218 g/mol. The summed E-state index contributed by atoms with van der Waals surface area (Å²) in [6, 6.07) is 0. The highest BCUT2D eigenvalue weighted by atomic mass is 35.5. The van der Waals surface area contributed by atoms with Crippen molar-refractivity contribution in [1.29, 1.82) is 0 Å². The number of methoxy groups -OCH3 is 1. The fourth-order valence-corrected chi connectivity index (χ4v) is 1.28. The summed E-state index contributed by atoms with van der Waals surface area (Å²) in [4.78, 5) is 0. The Labute approximate surface area is 89.2 Å². The second-order valence-corrected chi connectivity index (χ2v) is 3.45. The molecule has 1 N–H and O–H groups in total. The van der Waals surface area contributed by atoms with Gasteiger partial charge >= 0.3 is 0 Å². The van der Waals surface area contributed by atoms with Gasteiger partial charge in [-0.1, -0.05) is 11.6 Å². The second kappa shape index (κ2) is 6.81. The number of aromatic nitrogens is 2. The third-order valence-corrected chi connectivity index (χ3v) is 2.02. The normalized spacial score (nSPS) is 10.7. The van der Waals surface area contributed by atoms with E-state index in [9.17, 15) is 0 Å². The summed E-state index contributed by atoms with van der Waals surface area (Å²) in [5, 5.41) is 8.04. The van der Waals surface area contributed by atoms with Crippen LogP contribution in [0.25, 0.3) is 0 Å². The van der Waals surface area contributed by atoms with E-state index in [1.54, 1.807) is 13.3 Å². The number of hydrogen-bond donors (Lipinski definition) is 1. The van der Waals surface area contributed by atoms with Crippen molar-refractivity contribution in [3.8, 4) is 0 Å². The van der Waals surface area contributed by atoms with Gasteiger partial charge < -0.3 is 10.1 Å². The zero-order valence-electron chi connectivity index (χ0n) is 8.37. The first-order valence-corrected chi connectivity index (χ1v) is 5.08. The van der Waals surface area contributed by atoms with Crippen molar-refractivity contribution < 1.29 is 4.74 Å². The molecule has 0 unspecified atom stereocenters. The van der Waals surface area contributed by atoms with Gasteiger partial charge in [0.2, 0.25) is 0 Å². The molecule has 0 amide bonds. The third kappa shape index (κ3) is 4.60. The van der Waals surface area contributed by atoms with Crippen LogP contribution in [0.3, 0.4) is 0 Å². The molecule has 1 heterocycles. The number of aryl methyl sites for hydroxylation is 1. The monoisotopic (exact) mass is 217 g/mol. The van der Waals surface area contributed by atoms with E-state index in [2.05, 4.69) is 10.4 Å². The summed E-state index contributed by atoms with van der Waals surface area (Å²) in [6.45, 7) is 3.53. The fourth-order valence-electron chi connectivity index (χ4n) is 1.13. The van der Waals surface area contributed by atoms with Crippen molar-refractivity contribution in [2.75, 3.05) is 26.8 Å². The maximum atomic E-state index is 5.73. The lowest BCUT2D eigenvalue weighted by Crippen LogP contribution is -2.21. The molecule has 1 rings (SSSR count). The summed E-state index contributed by atoms with van der Waals surface area (Å²) in [6.07, 6.45) is 4.53. The van der Waals surface area contributed by atoms with Crippen LogP contribution in [0.1, 0.15) is 6.42 Å². The molecule has 14 heavy (non-hydrogen) atoms. The Kier molecular flexibility index (Phi) is 5.59. The summed E-state index contributed by atoms with van der Waals surface area (Å²) in [5.74, 6) is 0. The van der Waals surface area contributed by atoms with Crippen molar-refractivity contribution in [2.24, 2.45) is 0 Å². The van der Waals surface area contributed by atoms with Crippen LogP contribution in [0.4, 0.5) is 0 Å². The summed E-state index contributed by atoms with van der Waals surface area (Å²) < 4.78 is 6.76. The summed E-state index contributed by atoms with van der Waals surface area (Å²) >= 11 is 5.73. The van der Waals surface area contributed by atoms with Gasteiger partial charge in [-0.15, -0.1) is 0 Å². The van der Waals surface area contributed by atoms with Crippen LogP contribution in [0.15, 0.2) is 12.4 Å². The van der Waals surface area contributed by atoms with E-state index in [0.717, 1.165) is 32.7 Å². The SMILES string of the molecule is COCCNCCCn1cc(Cl)cn1. The Hall–Kier alpha value is -0.580. The van der Waals surface area contributed by atoms with E-state index < -0.39 is 0 Å². The number of rotatable bonds is 7. The maximum absolute atomic E-state index is 5.73. The highest BCUT2D eigenvalue weighted by molar-refractivity contribution is 6.30.